The smallest absolute Gasteiger partial charge is 0.271 e. The van der Waals surface area contributed by atoms with Crippen molar-refractivity contribution < 1.29 is 14.4 Å². The fourth-order valence-corrected chi connectivity index (χ4v) is 2.40. The van der Waals surface area contributed by atoms with Crippen LogP contribution >= 0.6 is 0 Å². The van der Waals surface area contributed by atoms with Gasteiger partial charge in [0.1, 0.15) is 0 Å². The summed E-state index contributed by atoms with van der Waals surface area (Å²) in [4.78, 5) is 44.0. The minimum Gasteiger partial charge on any atom is -0.364 e. The van der Waals surface area contributed by atoms with Crippen molar-refractivity contribution in [1.82, 2.24) is 20.2 Å². The van der Waals surface area contributed by atoms with Crippen LogP contribution in [0.25, 0.3) is 0 Å². The van der Waals surface area contributed by atoms with Crippen molar-refractivity contribution in [2.24, 2.45) is 5.73 Å². The molecule has 0 bridgehead atoms. The molecule has 1 aromatic carbocycles. The van der Waals surface area contributed by atoms with Gasteiger partial charge in [0.15, 0.2) is 11.5 Å². The molecule has 28 heavy (non-hydrogen) atoms. The first kappa shape index (κ1) is 20.6. The van der Waals surface area contributed by atoms with Gasteiger partial charge in [-0.2, -0.15) is 0 Å². The summed E-state index contributed by atoms with van der Waals surface area (Å²) in [6, 6.07) is 7.45. The minimum atomic E-state index is -0.672. The molecule has 0 aliphatic carbocycles. The molecule has 146 valence electrons. The predicted molar refractivity (Wildman–Crippen MR) is 105 cm³/mol. The van der Waals surface area contributed by atoms with Gasteiger partial charge >= 0.3 is 0 Å². The Morgan fingerprint density at radius 1 is 1.25 bits per heavy atom. The van der Waals surface area contributed by atoms with Gasteiger partial charge in [-0.3, -0.25) is 14.4 Å². The summed E-state index contributed by atoms with van der Waals surface area (Å²) in [5.74, 6) is -0.962. The maximum atomic E-state index is 11.9. The molecular weight excluding hydrogens is 360 g/mol. The minimum absolute atomic E-state index is 0.0327. The van der Waals surface area contributed by atoms with Gasteiger partial charge in [-0.1, -0.05) is 18.7 Å². The van der Waals surface area contributed by atoms with Crippen LogP contribution < -0.4 is 16.4 Å². The SMILES string of the molecule is C=CC(=O)N(C)CC(=O)NCCc1cccc(Nc2nccnc2C(N)=O)c1. The topological polar surface area (TPSA) is 130 Å². The van der Waals surface area contributed by atoms with E-state index < -0.39 is 5.91 Å². The Hall–Kier alpha value is -3.75. The first-order valence-corrected chi connectivity index (χ1v) is 8.51. The number of nitrogens with two attached hydrogens (primary N) is 1. The number of carbonyl (C=O) groups excluding carboxylic acids is 3. The zero-order valence-electron chi connectivity index (χ0n) is 15.5. The first-order chi connectivity index (χ1) is 13.4. The van der Waals surface area contributed by atoms with Crippen LogP contribution in [0.2, 0.25) is 0 Å². The first-order valence-electron chi connectivity index (χ1n) is 8.51. The molecule has 4 N–H and O–H groups in total. The highest BCUT2D eigenvalue weighted by atomic mass is 16.2. The van der Waals surface area contributed by atoms with E-state index in [4.69, 9.17) is 5.73 Å². The van der Waals surface area contributed by atoms with Gasteiger partial charge in [0, 0.05) is 31.7 Å². The zero-order valence-corrected chi connectivity index (χ0v) is 15.5. The standard InChI is InChI=1S/C19H22N6O3/c1-3-16(27)25(2)12-15(26)21-8-7-13-5-4-6-14(11-13)24-19-17(18(20)28)22-9-10-23-19/h3-6,9-11H,1,7-8,12H2,2H3,(H2,20,28)(H,21,26)(H,23,24). The van der Waals surface area contributed by atoms with Crippen molar-refractivity contribution in [3.8, 4) is 0 Å². The quantitative estimate of drug-likeness (QED) is 0.545. The van der Waals surface area contributed by atoms with E-state index in [1.165, 1.54) is 24.3 Å². The molecule has 1 heterocycles. The van der Waals surface area contributed by atoms with Crippen molar-refractivity contribution in [3.63, 3.8) is 0 Å². The highest BCUT2D eigenvalue weighted by Gasteiger charge is 2.11. The Labute approximate surface area is 162 Å². The lowest BCUT2D eigenvalue weighted by Crippen LogP contribution is -2.38. The van der Waals surface area contributed by atoms with E-state index in [0.29, 0.717) is 18.7 Å². The number of nitrogens with zero attached hydrogens (tertiary/aromatic N) is 3. The fraction of sp³-hybridized carbons (Fsp3) is 0.211. The molecule has 9 nitrogen and oxygen atoms in total. The number of aromatic nitrogens is 2. The molecule has 2 rings (SSSR count). The van der Waals surface area contributed by atoms with Gasteiger partial charge in [-0.05, 0) is 30.2 Å². The monoisotopic (exact) mass is 382 g/mol. The van der Waals surface area contributed by atoms with Gasteiger partial charge in [0.2, 0.25) is 11.8 Å². The molecule has 0 fully saturated rings. The molecule has 0 saturated carbocycles. The van der Waals surface area contributed by atoms with Crippen LogP contribution in [0.4, 0.5) is 11.5 Å². The van der Waals surface area contributed by atoms with Crippen LogP contribution in [-0.2, 0) is 16.0 Å². The lowest BCUT2D eigenvalue weighted by molar-refractivity contribution is -0.131. The third kappa shape index (κ3) is 5.90. The lowest BCUT2D eigenvalue weighted by Gasteiger charge is -2.14. The average molecular weight is 382 g/mol. The van der Waals surface area contributed by atoms with Gasteiger partial charge in [-0.15, -0.1) is 0 Å². The van der Waals surface area contributed by atoms with Crippen LogP contribution in [0.3, 0.4) is 0 Å². The Morgan fingerprint density at radius 2 is 2.00 bits per heavy atom. The number of anilines is 2. The highest BCUT2D eigenvalue weighted by Crippen LogP contribution is 2.18. The normalized spacial score (nSPS) is 10.0. The molecule has 0 unspecified atom stereocenters. The number of nitrogens with one attached hydrogen (secondary N) is 2. The Morgan fingerprint density at radius 3 is 2.71 bits per heavy atom. The number of hydrogen-bond acceptors (Lipinski definition) is 6. The summed E-state index contributed by atoms with van der Waals surface area (Å²) in [5.41, 5.74) is 7.03. The molecule has 0 aliphatic rings. The number of benzene rings is 1. The summed E-state index contributed by atoms with van der Waals surface area (Å²) in [6.07, 6.45) is 4.60. The molecule has 0 radical (unpaired) electrons. The van der Waals surface area contributed by atoms with Crippen LogP contribution in [0.5, 0.6) is 0 Å². The third-order valence-corrected chi connectivity index (χ3v) is 3.79. The second-order valence-corrected chi connectivity index (χ2v) is 5.94. The molecule has 1 aromatic heterocycles. The summed E-state index contributed by atoms with van der Waals surface area (Å²) in [5, 5.41) is 5.79. The molecule has 0 atom stereocenters. The maximum Gasteiger partial charge on any atom is 0.271 e. The van der Waals surface area contributed by atoms with Crippen LogP contribution in [0.1, 0.15) is 16.1 Å². The summed E-state index contributed by atoms with van der Waals surface area (Å²) in [6.45, 7) is 3.76. The maximum absolute atomic E-state index is 11.9. The number of primary amides is 1. The van der Waals surface area contributed by atoms with E-state index in [9.17, 15) is 14.4 Å². The van der Waals surface area contributed by atoms with Gasteiger partial charge in [0.05, 0.1) is 6.54 Å². The van der Waals surface area contributed by atoms with Gasteiger partial charge in [0.25, 0.3) is 5.91 Å². The molecule has 0 spiro atoms. The number of rotatable bonds is 9. The van der Waals surface area contributed by atoms with Gasteiger partial charge < -0.3 is 21.3 Å². The number of carbonyl (C=O) groups is 3. The lowest BCUT2D eigenvalue weighted by atomic mass is 10.1. The van der Waals surface area contributed by atoms with E-state index in [-0.39, 0.29) is 29.9 Å². The van der Waals surface area contributed by atoms with Crippen LogP contribution in [0, 0.1) is 0 Å². The molecular formula is C19H22N6O3. The summed E-state index contributed by atoms with van der Waals surface area (Å²) < 4.78 is 0. The zero-order chi connectivity index (χ0) is 20.5. The highest BCUT2D eigenvalue weighted by molar-refractivity contribution is 5.96. The molecule has 9 heteroatoms. The molecule has 2 aromatic rings. The Bertz CT molecular complexity index is 883. The van der Waals surface area contributed by atoms with Crippen molar-refractivity contribution in [2.45, 2.75) is 6.42 Å². The third-order valence-electron chi connectivity index (χ3n) is 3.79. The Kier molecular flexibility index (Phi) is 7.21. The number of amides is 3. The molecule has 3 amide bonds. The van der Waals surface area contributed by atoms with Crippen molar-refractivity contribution in [3.05, 3.63) is 60.6 Å². The van der Waals surface area contributed by atoms with E-state index >= 15 is 0 Å². The fourth-order valence-electron chi connectivity index (χ4n) is 2.40. The van der Waals surface area contributed by atoms with Crippen molar-refractivity contribution in [1.29, 1.82) is 0 Å². The second kappa shape index (κ2) is 9.81. The van der Waals surface area contributed by atoms with Crippen LogP contribution in [-0.4, -0.2) is 52.7 Å². The molecule has 0 aliphatic heterocycles. The number of likely N-dealkylation sites (N-methyl/N-ethyl adjacent to an activating group) is 1. The predicted octanol–water partition coefficient (Wildman–Crippen LogP) is 0.622. The van der Waals surface area contributed by atoms with Crippen molar-refractivity contribution in [2.75, 3.05) is 25.5 Å². The largest absolute Gasteiger partial charge is 0.364 e. The summed E-state index contributed by atoms with van der Waals surface area (Å²) in [7, 11) is 1.53. The van der Waals surface area contributed by atoms with Crippen molar-refractivity contribution >= 4 is 29.2 Å². The van der Waals surface area contributed by atoms with E-state index in [1.54, 1.807) is 0 Å². The van der Waals surface area contributed by atoms with Crippen LogP contribution in [0.15, 0.2) is 49.3 Å². The molecule has 0 saturated heterocycles. The summed E-state index contributed by atoms with van der Waals surface area (Å²) >= 11 is 0. The number of hydrogen-bond donors (Lipinski definition) is 3. The van der Waals surface area contributed by atoms with E-state index in [0.717, 1.165) is 11.6 Å². The average Bonchev–Trinajstić information content (AvgIpc) is 2.67. The Balaban J connectivity index is 1.92. The van der Waals surface area contributed by atoms with Gasteiger partial charge in [-0.25, -0.2) is 9.97 Å². The second-order valence-electron chi connectivity index (χ2n) is 5.94. The van der Waals surface area contributed by atoms with E-state index in [1.807, 2.05) is 24.3 Å². The van der Waals surface area contributed by atoms with E-state index in [2.05, 4.69) is 27.2 Å².